The summed E-state index contributed by atoms with van der Waals surface area (Å²) in [6, 6.07) is 11.3. The van der Waals surface area contributed by atoms with Crippen LogP contribution in [0.2, 0.25) is 0 Å². The van der Waals surface area contributed by atoms with E-state index in [1.807, 2.05) is 30.3 Å². The normalized spacial score (nSPS) is 10.3. The van der Waals surface area contributed by atoms with Gasteiger partial charge in [0.05, 0.1) is 12.2 Å². The SMILES string of the molecule is CCOC(=O)c1c(N)cc2cccccc1-2. The Kier molecular flexibility index (Phi) is 2.77. The number of ether oxygens (including phenoxy) is 1. The van der Waals surface area contributed by atoms with E-state index >= 15 is 0 Å². The quantitative estimate of drug-likeness (QED) is 0.783. The highest BCUT2D eigenvalue weighted by Crippen LogP contribution is 2.33. The van der Waals surface area contributed by atoms with Gasteiger partial charge >= 0.3 is 5.97 Å². The standard InChI is InChI=1S/C13H13NO2/c1-2-16-13(15)12-10-7-5-3-4-6-9(10)8-11(12)14/h3-8H,2,14H2,1H3. The lowest BCUT2D eigenvalue weighted by atomic mass is 10.1. The third-order valence-corrected chi connectivity index (χ3v) is 2.42. The highest BCUT2D eigenvalue weighted by atomic mass is 16.5. The highest BCUT2D eigenvalue weighted by molar-refractivity contribution is 6.05. The van der Waals surface area contributed by atoms with Crippen molar-refractivity contribution >= 4 is 11.7 Å². The minimum atomic E-state index is -0.360. The van der Waals surface area contributed by atoms with Gasteiger partial charge in [-0.05, 0) is 24.1 Å². The zero-order chi connectivity index (χ0) is 11.5. The van der Waals surface area contributed by atoms with Gasteiger partial charge in [0.25, 0.3) is 0 Å². The van der Waals surface area contributed by atoms with Gasteiger partial charge in [-0.2, -0.15) is 0 Å². The van der Waals surface area contributed by atoms with Gasteiger partial charge in [0.1, 0.15) is 0 Å². The Labute approximate surface area is 94.2 Å². The van der Waals surface area contributed by atoms with Crippen molar-refractivity contribution in [3.05, 3.63) is 42.0 Å². The molecule has 0 amide bonds. The fourth-order valence-electron chi connectivity index (χ4n) is 1.74. The summed E-state index contributed by atoms with van der Waals surface area (Å²) in [6.45, 7) is 2.13. The number of carbonyl (C=O) groups is 1. The van der Waals surface area contributed by atoms with E-state index in [2.05, 4.69) is 0 Å². The zero-order valence-corrected chi connectivity index (χ0v) is 9.07. The second-order valence-corrected chi connectivity index (χ2v) is 3.47. The van der Waals surface area contributed by atoms with Crippen molar-refractivity contribution in [2.45, 2.75) is 6.92 Å². The molecule has 2 aliphatic rings. The number of hydrogen-bond acceptors (Lipinski definition) is 3. The number of hydrogen-bond donors (Lipinski definition) is 1. The molecule has 2 aliphatic carbocycles. The summed E-state index contributed by atoms with van der Waals surface area (Å²) in [7, 11) is 0. The molecule has 0 radical (unpaired) electrons. The van der Waals surface area contributed by atoms with Crippen LogP contribution in [0.25, 0.3) is 11.1 Å². The van der Waals surface area contributed by atoms with Gasteiger partial charge in [-0.3, -0.25) is 0 Å². The second-order valence-electron chi connectivity index (χ2n) is 3.47. The first-order valence-corrected chi connectivity index (χ1v) is 5.18. The molecule has 82 valence electrons. The first kappa shape index (κ1) is 10.5. The summed E-state index contributed by atoms with van der Waals surface area (Å²) in [5.41, 5.74) is 8.55. The Bertz CT molecular complexity index is 494. The molecule has 0 fully saturated rings. The molecule has 0 heterocycles. The van der Waals surface area contributed by atoms with Gasteiger partial charge < -0.3 is 10.5 Å². The summed E-state index contributed by atoms with van der Waals surface area (Å²) in [4.78, 5) is 11.7. The average molecular weight is 215 g/mol. The smallest absolute Gasteiger partial charge is 0.340 e. The Hall–Kier alpha value is -2.03. The molecule has 0 unspecified atom stereocenters. The third-order valence-electron chi connectivity index (χ3n) is 2.42. The topological polar surface area (TPSA) is 52.3 Å². The van der Waals surface area contributed by atoms with E-state index < -0.39 is 0 Å². The van der Waals surface area contributed by atoms with Crippen molar-refractivity contribution in [2.24, 2.45) is 0 Å². The summed E-state index contributed by atoms with van der Waals surface area (Å²) in [6.07, 6.45) is 0. The van der Waals surface area contributed by atoms with Crippen LogP contribution in [-0.4, -0.2) is 12.6 Å². The van der Waals surface area contributed by atoms with Crippen molar-refractivity contribution in [1.82, 2.24) is 0 Å². The van der Waals surface area contributed by atoms with E-state index in [9.17, 15) is 4.79 Å². The monoisotopic (exact) mass is 215 g/mol. The van der Waals surface area contributed by atoms with E-state index in [0.717, 1.165) is 11.1 Å². The van der Waals surface area contributed by atoms with Crippen LogP contribution >= 0.6 is 0 Å². The van der Waals surface area contributed by atoms with E-state index in [-0.39, 0.29) is 5.97 Å². The number of nitrogens with two attached hydrogens (primary N) is 1. The van der Waals surface area contributed by atoms with E-state index in [1.165, 1.54) is 0 Å². The lowest BCUT2D eigenvalue weighted by Crippen LogP contribution is -2.06. The molecule has 0 spiro atoms. The Balaban J connectivity index is 2.56. The number of esters is 1. The lowest BCUT2D eigenvalue weighted by Gasteiger charge is -2.02. The molecule has 3 nitrogen and oxygen atoms in total. The molecule has 0 aliphatic heterocycles. The van der Waals surface area contributed by atoms with Crippen LogP contribution in [0, 0.1) is 0 Å². The molecule has 3 heteroatoms. The maximum Gasteiger partial charge on any atom is 0.340 e. The van der Waals surface area contributed by atoms with Gasteiger partial charge in [0.15, 0.2) is 0 Å². The summed E-state index contributed by atoms with van der Waals surface area (Å²) < 4.78 is 4.99. The fraction of sp³-hybridized carbons (Fsp3) is 0.154. The van der Waals surface area contributed by atoms with Gasteiger partial charge in [0.2, 0.25) is 0 Å². The average Bonchev–Trinajstić information content (AvgIpc) is 2.43. The molecule has 0 atom stereocenters. The summed E-state index contributed by atoms with van der Waals surface area (Å²) in [5.74, 6) is -0.360. The van der Waals surface area contributed by atoms with Crippen molar-refractivity contribution < 1.29 is 9.53 Å². The van der Waals surface area contributed by atoms with Crippen molar-refractivity contribution in [3.8, 4) is 11.1 Å². The Morgan fingerprint density at radius 2 is 2.06 bits per heavy atom. The summed E-state index contributed by atoms with van der Waals surface area (Å²) in [5, 5.41) is 0. The molecule has 2 N–H and O–H groups in total. The summed E-state index contributed by atoms with van der Waals surface area (Å²) >= 11 is 0. The van der Waals surface area contributed by atoms with Crippen molar-refractivity contribution in [1.29, 1.82) is 0 Å². The molecule has 16 heavy (non-hydrogen) atoms. The second kappa shape index (κ2) is 4.23. The van der Waals surface area contributed by atoms with Gasteiger partial charge in [0, 0.05) is 5.69 Å². The Morgan fingerprint density at radius 3 is 2.81 bits per heavy atom. The first-order valence-electron chi connectivity index (χ1n) is 5.18. The third kappa shape index (κ3) is 1.72. The Morgan fingerprint density at radius 1 is 1.31 bits per heavy atom. The lowest BCUT2D eigenvalue weighted by molar-refractivity contribution is 0.0529. The molecular formula is C13H13NO2. The maximum absolute atomic E-state index is 11.7. The predicted molar refractivity (Wildman–Crippen MR) is 63.4 cm³/mol. The van der Waals surface area contributed by atoms with Crippen LogP contribution in [0.1, 0.15) is 17.3 Å². The van der Waals surface area contributed by atoms with Gasteiger partial charge in [-0.25, -0.2) is 4.79 Å². The first-order chi connectivity index (χ1) is 7.74. The van der Waals surface area contributed by atoms with Crippen LogP contribution in [-0.2, 0) is 4.74 Å². The molecular weight excluding hydrogens is 202 g/mol. The minimum absolute atomic E-state index is 0.351. The van der Waals surface area contributed by atoms with E-state index in [4.69, 9.17) is 10.5 Å². The van der Waals surface area contributed by atoms with Gasteiger partial charge in [-0.1, -0.05) is 30.3 Å². The maximum atomic E-state index is 11.7. The fourth-order valence-corrected chi connectivity index (χ4v) is 1.74. The number of carbonyl (C=O) groups excluding carboxylic acids is 1. The minimum Gasteiger partial charge on any atom is -0.462 e. The molecule has 0 aromatic rings. The highest BCUT2D eigenvalue weighted by Gasteiger charge is 2.20. The van der Waals surface area contributed by atoms with Crippen LogP contribution in [0.4, 0.5) is 5.69 Å². The molecule has 0 aromatic carbocycles. The van der Waals surface area contributed by atoms with Crippen LogP contribution in [0.3, 0.4) is 0 Å². The van der Waals surface area contributed by atoms with Crippen LogP contribution in [0.15, 0.2) is 36.4 Å². The van der Waals surface area contributed by atoms with Gasteiger partial charge in [-0.15, -0.1) is 0 Å². The molecule has 0 saturated carbocycles. The van der Waals surface area contributed by atoms with Crippen molar-refractivity contribution in [2.75, 3.05) is 12.3 Å². The van der Waals surface area contributed by atoms with E-state index in [1.54, 1.807) is 13.0 Å². The van der Waals surface area contributed by atoms with Crippen LogP contribution in [0.5, 0.6) is 0 Å². The molecule has 0 bridgehead atoms. The zero-order valence-electron chi connectivity index (χ0n) is 9.07. The number of anilines is 1. The van der Waals surface area contributed by atoms with E-state index in [0.29, 0.717) is 17.9 Å². The molecule has 0 aromatic heterocycles. The molecule has 0 saturated heterocycles. The number of nitrogen functional groups attached to an aromatic ring is 1. The number of rotatable bonds is 2. The predicted octanol–water partition coefficient (Wildman–Crippen LogP) is 2.55. The largest absolute Gasteiger partial charge is 0.462 e. The number of fused-ring (bicyclic) bond motifs is 1. The van der Waals surface area contributed by atoms with Crippen molar-refractivity contribution in [3.63, 3.8) is 0 Å². The molecule has 2 rings (SSSR count). The van der Waals surface area contributed by atoms with Crippen LogP contribution < -0.4 is 5.73 Å².